The number of Topliss-reactive ketones (excluding diaryl/α,β-unsaturated/α-hetero) is 2. The molecule has 0 N–H and O–H groups in total. The molecule has 5 heteroatoms. The number of para-hydroxylation sites is 1. The molecule has 1 aliphatic carbocycles. The molecule has 0 spiro atoms. The lowest BCUT2D eigenvalue weighted by molar-refractivity contribution is -0.117. The van der Waals surface area contributed by atoms with Crippen molar-refractivity contribution in [2.45, 2.75) is 12.5 Å². The number of rotatable bonds is 4. The fraction of sp³-hybridized carbons (Fsp3) is 0.125. The van der Waals surface area contributed by atoms with Crippen LogP contribution >= 0.6 is 0 Å². The Labute approximate surface area is 168 Å². The molecule has 3 aromatic rings. The van der Waals surface area contributed by atoms with Gasteiger partial charge in [0.05, 0.1) is 7.11 Å². The van der Waals surface area contributed by atoms with Crippen LogP contribution in [-0.2, 0) is 10.3 Å². The molecule has 0 heterocycles. The number of fused-ring (bicyclic) bond motifs is 1. The Balaban J connectivity index is 2.04. The molecule has 0 unspecified atom stereocenters. The van der Waals surface area contributed by atoms with Gasteiger partial charge in [0.1, 0.15) is 5.75 Å². The van der Waals surface area contributed by atoms with Gasteiger partial charge < -0.3 is 4.74 Å². The Morgan fingerprint density at radius 2 is 1.31 bits per heavy atom. The highest BCUT2D eigenvalue weighted by atomic mass is 16.5. The zero-order valence-corrected chi connectivity index (χ0v) is 16.1. The third kappa shape index (κ3) is 2.66. The Hall–Kier alpha value is -3.73. The van der Waals surface area contributed by atoms with Crippen LogP contribution < -0.4 is 9.64 Å². The highest BCUT2D eigenvalue weighted by Gasteiger charge is 2.59. The number of amides is 1. The molecule has 0 fully saturated rings. The van der Waals surface area contributed by atoms with Gasteiger partial charge in [-0.2, -0.15) is 0 Å². The number of hydrogen-bond donors (Lipinski definition) is 0. The summed E-state index contributed by atoms with van der Waals surface area (Å²) in [5.41, 5.74) is -0.275. The van der Waals surface area contributed by atoms with Crippen molar-refractivity contribution in [2.24, 2.45) is 0 Å². The summed E-state index contributed by atoms with van der Waals surface area (Å²) in [4.78, 5) is 41.7. The van der Waals surface area contributed by atoms with Crippen LogP contribution in [0.1, 0.15) is 33.2 Å². The van der Waals surface area contributed by atoms with Gasteiger partial charge in [-0.3, -0.25) is 19.3 Å². The van der Waals surface area contributed by atoms with Gasteiger partial charge in [-0.05, 0) is 29.8 Å². The van der Waals surface area contributed by atoms with Gasteiger partial charge in [0, 0.05) is 23.7 Å². The van der Waals surface area contributed by atoms with Crippen molar-refractivity contribution in [1.29, 1.82) is 0 Å². The quantitative estimate of drug-likeness (QED) is 0.637. The van der Waals surface area contributed by atoms with Crippen molar-refractivity contribution >= 4 is 23.2 Å². The zero-order valence-electron chi connectivity index (χ0n) is 16.1. The molecule has 1 aliphatic rings. The molecule has 0 bridgehead atoms. The first-order valence-electron chi connectivity index (χ1n) is 9.20. The van der Waals surface area contributed by atoms with E-state index in [-0.39, 0.29) is 0 Å². The number of ketones is 2. The lowest BCUT2D eigenvalue weighted by Gasteiger charge is -2.38. The van der Waals surface area contributed by atoms with Crippen molar-refractivity contribution in [3.8, 4) is 5.75 Å². The van der Waals surface area contributed by atoms with E-state index in [1.165, 1.54) is 11.8 Å². The molecular weight excluding hydrogens is 366 g/mol. The van der Waals surface area contributed by atoms with E-state index < -0.39 is 23.0 Å². The van der Waals surface area contributed by atoms with Crippen LogP contribution in [0.4, 0.5) is 5.69 Å². The highest BCUT2D eigenvalue weighted by molar-refractivity contribution is 6.36. The van der Waals surface area contributed by atoms with E-state index in [4.69, 9.17) is 4.74 Å². The Morgan fingerprint density at radius 3 is 1.79 bits per heavy atom. The number of anilines is 1. The van der Waals surface area contributed by atoms with E-state index in [1.807, 2.05) is 6.07 Å². The van der Waals surface area contributed by atoms with Crippen LogP contribution in [0, 0.1) is 0 Å². The Morgan fingerprint density at radius 1 is 0.793 bits per heavy atom. The summed E-state index contributed by atoms with van der Waals surface area (Å²) in [6.45, 7) is 1.36. The molecule has 0 saturated heterocycles. The third-order valence-electron chi connectivity index (χ3n) is 5.25. The minimum atomic E-state index is -1.80. The summed E-state index contributed by atoms with van der Waals surface area (Å²) in [5, 5.41) is 0. The predicted molar refractivity (Wildman–Crippen MR) is 109 cm³/mol. The van der Waals surface area contributed by atoms with Crippen LogP contribution in [0.15, 0.2) is 78.9 Å². The fourth-order valence-electron chi connectivity index (χ4n) is 3.99. The number of ether oxygens (including phenoxy) is 1. The summed E-state index contributed by atoms with van der Waals surface area (Å²) in [7, 11) is 1.54. The van der Waals surface area contributed by atoms with E-state index in [0.29, 0.717) is 28.1 Å². The maximum atomic E-state index is 13.8. The van der Waals surface area contributed by atoms with E-state index in [0.717, 1.165) is 0 Å². The molecule has 5 nitrogen and oxygen atoms in total. The van der Waals surface area contributed by atoms with Crippen molar-refractivity contribution < 1.29 is 19.1 Å². The topological polar surface area (TPSA) is 63.7 Å². The first kappa shape index (κ1) is 18.6. The summed E-state index contributed by atoms with van der Waals surface area (Å²) in [6.07, 6.45) is 0. The fourth-order valence-corrected chi connectivity index (χ4v) is 3.99. The van der Waals surface area contributed by atoms with Crippen molar-refractivity contribution in [1.82, 2.24) is 0 Å². The third-order valence-corrected chi connectivity index (χ3v) is 5.25. The summed E-state index contributed by atoms with van der Waals surface area (Å²) < 4.78 is 5.22. The second kappa shape index (κ2) is 7.02. The molecule has 0 aliphatic heterocycles. The monoisotopic (exact) mass is 385 g/mol. The molecule has 3 aromatic carbocycles. The zero-order chi connectivity index (χ0) is 20.6. The smallest absolute Gasteiger partial charge is 0.225 e. The van der Waals surface area contributed by atoms with Gasteiger partial charge in [0.2, 0.25) is 17.5 Å². The van der Waals surface area contributed by atoms with Crippen LogP contribution in [0.2, 0.25) is 0 Å². The highest BCUT2D eigenvalue weighted by Crippen LogP contribution is 2.45. The van der Waals surface area contributed by atoms with Crippen LogP contribution in [0.25, 0.3) is 0 Å². The van der Waals surface area contributed by atoms with Crippen molar-refractivity contribution in [3.63, 3.8) is 0 Å². The number of nitrogens with zero attached hydrogens (tertiary/aromatic N) is 1. The lowest BCUT2D eigenvalue weighted by atomic mass is 9.82. The van der Waals surface area contributed by atoms with E-state index in [1.54, 1.807) is 79.9 Å². The van der Waals surface area contributed by atoms with Gasteiger partial charge in [-0.25, -0.2) is 0 Å². The summed E-state index contributed by atoms with van der Waals surface area (Å²) >= 11 is 0. The first-order chi connectivity index (χ1) is 14.0. The van der Waals surface area contributed by atoms with Gasteiger partial charge >= 0.3 is 0 Å². The lowest BCUT2D eigenvalue weighted by Crippen LogP contribution is -2.56. The molecule has 0 radical (unpaired) electrons. The van der Waals surface area contributed by atoms with Gasteiger partial charge in [0.25, 0.3) is 0 Å². The second-order valence-electron chi connectivity index (χ2n) is 6.83. The SMILES string of the molecule is COc1ccc(C2(N(C(C)=O)c3ccccc3)C(=O)c3ccccc3C2=O)cc1. The minimum absolute atomic E-state index is 0.315. The number of carbonyl (C=O) groups is 3. The maximum absolute atomic E-state index is 13.8. The molecule has 29 heavy (non-hydrogen) atoms. The minimum Gasteiger partial charge on any atom is -0.497 e. The van der Waals surface area contributed by atoms with E-state index in [9.17, 15) is 14.4 Å². The van der Waals surface area contributed by atoms with Gasteiger partial charge in [-0.15, -0.1) is 0 Å². The molecule has 0 saturated carbocycles. The summed E-state index contributed by atoms with van der Waals surface area (Å²) in [6, 6.07) is 22.2. The number of hydrogen-bond acceptors (Lipinski definition) is 4. The van der Waals surface area contributed by atoms with Gasteiger partial charge in [-0.1, -0.05) is 54.6 Å². The molecule has 1 amide bonds. The van der Waals surface area contributed by atoms with Crippen LogP contribution in [0.5, 0.6) is 5.75 Å². The number of methoxy groups -OCH3 is 1. The standard InChI is InChI=1S/C24H19NO4/c1-16(26)25(18-8-4-3-5-9-18)24(17-12-14-19(29-2)15-13-17)22(27)20-10-6-7-11-21(20)23(24)28/h3-15H,1-2H3. The van der Waals surface area contributed by atoms with E-state index in [2.05, 4.69) is 0 Å². The molecule has 0 atom stereocenters. The normalized spacial score (nSPS) is 14.4. The summed E-state index contributed by atoms with van der Waals surface area (Å²) in [5.74, 6) is -0.639. The largest absolute Gasteiger partial charge is 0.497 e. The number of benzene rings is 3. The molecular formula is C24H19NO4. The maximum Gasteiger partial charge on any atom is 0.225 e. The molecule has 0 aromatic heterocycles. The van der Waals surface area contributed by atoms with Gasteiger partial charge in [0.15, 0.2) is 5.54 Å². The molecule has 144 valence electrons. The van der Waals surface area contributed by atoms with Crippen LogP contribution in [-0.4, -0.2) is 24.6 Å². The first-order valence-corrected chi connectivity index (χ1v) is 9.20. The van der Waals surface area contributed by atoms with Crippen molar-refractivity contribution in [3.05, 3.63) is 95.6 Å². The predicted octanol–water partition coefficient (Wildman–Crippen LogP) is 4.02. The van der Waals surface area contributed by atoms with Crippen LogP contribution in [0.3, 0.4) is 0 Å². The Kier molecular flexibility index (Phi) is 4.51. The average molecular weight is 385 g/mol. The average Bonchev–Trinajstić information content (AvgIpc) is 2.97. The number of carbonyl (C=O) groups excluding carboxylic acids is 3. The second-order valence-corrected chi connectivity index (χ2v) is 6.83. The van der Waals surface area contributed by atoms with E-state index >= 15 is 0 Å². The molecule has 4 rings (SSSR count). The van der Waals surface area contributed by atoms with Crippen molar-refractivity contribution in [2.75, 3.05) is 12.0 Å². The Bertz CT molecular complexity index is 1070.